The number of nitrogens with zero attached hydrogens (tertiary/aromatic N) is 1. The Labute approximate surface area is 289 Å². The van der Waals surface area contributed by atoms with Crippen LogP contribution in [0.1, 0.15) is 64.7 Å². The molecule has 276 valence electrons. The van der Waals surface area contributed by atoms with Crippen LogP contribution in [0.3, 0.4) is 0 Å². The number of ketones is 1. The van der Waals surface area contributed by atoms with Gasteiger partial charge in [-0.25, -0.2) is 4.79 Å². The number of hydrogen-bond donors (Lipinski definition) is 10. The Kier molecular flexibility index (Phi) is 12.4. The van der Waals surface area contributed by atoms with Crippen LogP contribution >= 0.6 is 0 Å². The first kappa shape index (κ1) is 38.5. The molecule has 0 radical (unpaired) electrons. The van der Waals surface area contributed by atoms with Crippen LogP contribution in [0.25, 0.3) is 0 Å². The number of carboxylic acid groups (broad SMARTS) is 2. The molecule has 4 aliphatic rings. The minimum atomic E-state index is -1.60. The number of amides is 3. The number of rotatable bonds is 16. The summed E-state index contributed by atoms with van der Waals surface area (Å²) in [5.74, 6) is -5.26. The van der Waals surface area contributed by atoms with E-state index in [9.17, 15) is 49.2 Å². The van der Waals surface area contributed by atoms with Crippen molar-refractivity contribution in [2.45, 2.75) is 94.5 Å². The quantitative estimate of drug-likeness (QED) is 0.0475. The minimum Gasteiger partial charge on any atom is -0.481 e. The lowest BCUT2D eigenvalue weighted by atomic mass is 9.51. The first-order valence-corrected chi connectivity index (χ1v) is 17.0. The second kappa shape index (κ2) is 16.1. The van der Waals surface area contributed by atoms with Crippen LogP contribution in [-0.4, -0.2) is 111 Å². The third-order valence-corrected chi connectivity index (χ3v) is 11.0. The molecule has 50 heavy (non-hydrogen) atoms. The molecule has 0 saturated heterocycles. The summed E-state index contributed by atoms with van der Waals surface area (Å²) in [7, 11) is 0. The number of hydrogen-bond acceptors (Lipinski definition) is 10. The summed E-state index contributed by atoms with van der Waals surface area (Å²) in [5.41, 5.74) is 9.82. The Bertz CT molecular complexity index is 1450. The van der Waals surface area contributed by atoms with E-state index < -0.39 is 73.0 Å². The maximum Gasteiger partial charge on any atom is 0.326 e. The molecule has 0 aliphatic heterocycles. The van der Waals surface area contributed by atoms with E-state index >= 15 is 0 Å². The molecule has 4 rings (SSSR count). The summed E-state index contributed by atoms with van der Waals surface area (Å²) in [4.78, 5) is 77.5. The zero-order valence-corrected chi connectivity index (χ0v) is 28.1. The summed E-state index contributed by atoms with van der Waals surface area (Å²) in [6.45, 7) is 0.967. The molecule has 0 heterocycles. The van der Waals surface area contributed by atoms with Gasteiger partial charge in [0.2, 0.25) is 17.7 Å². The van der Waals surface area contributed by atoms with Crippen LogP contribution in [0, 0.1) is 23.2 Å². The van der Waals surface area contributed by atoms with Gasteiger partial charge in [-0.05, 0) is 98.3 Å². The number of guanidine groups is 1. The Morgan fingerprint density at radius 2 is 1.74 bits per heavy atom. The number of aliphatic hydroxyl groups excluding tert-OH is 1. The van der Waals surface area contributed by atoms with Gasteiger partial charge < -0.3 is 53.2 Å². The second-order valence-corrected chi connectivity index (χ2v) is 14.0. The van der Waals surface area contributed by atoms with Crippen LogP contribution in [0.4, 0.5) is 0 Å². The van der Waals surface area contributed by atoms with Gasteiger partial charge in [-0.1, -0.05) is 6.92 Å². The summed E-state index contributed by atoms with van der Waals surface area (Å²) < 4.78 is 0. The van der Waals surface area contributed by atoms with Gasteiger partial charge in [-0.15, -0.1) is 0 Å². The predicted octanol–water partition coefficient (Wildman–Crippen LogP) is -1.96. The molecule has 3 saturated carbocycles. The topological polar surface area (TPSA) is 296 Å². The number of carbonyl (C=O) groups is 6. The molecular weight excluding hydrogens is 654 g/mol. The highest BCUT2D eigenvalue weighted by Crippen LogP contribution is 2.62. The number of carboxylic acids is 2. The fraction of sp³-hybridized carbons (Fsp3) is 0.667. The molecule has 0 aromatic heterocycles. The highest BCUT2D eigenvalue weighted by Gasteiger charge is 2.59. The molecule has 0 aromatic carbocycles. The smallest absolute Gasteiger partial charge is 0.326 e. The molecule has 0 aromatic rings. The summed E-state index contributed by atoms with van der Waals surface area (Å²) >= 11 is 0. The number of nitrogens with one attached hydrogen (secondary N) is 4. The SMILES string of the molecule is CC12CCC3C(CCC4=CC(=O)C=CC43O)C1CC[C@@H]2N[C@@H](CO)C(=O)N[C@@H](CC(=O)O)C(=O)NCC(=O)N[C@@H](CCCN=C(N)N)C(=O)O. The lowest BCUT2D eigenvalue weighted by molar-refractivity contribution is -0.142. The Morgan fingerprint density at radius 3 is 2.40 bits per heavy atom. The number of aliphatic imine (C=N–C) groups is 1. The van der Waals surface area contributed by atoms with E-state index in [4.69, 9.17) is 11.5 Å². The van der Waals surface area contributed by atoms with Crippen molar-refractivity contribution in [2.75, 3.05) is 19.7 Å². The lowest BCUT2D eigenvalue weighted by Crippen LogP contribution is -2.60. The Morgan fingerprint density at radius 1 is 1.00 bits per heavy atom. The number of carbonyl (C=O) groups excluding carboxylic acids is 4. The number of allylic oxidation sites excluding steroid dienone is 2. The van der Waals surface area contributed by atoms with Crippen molar-refractivity contribution in [3.8, 4) is 0 Å². The fourth-order valence-corrected chi connectivity index (χ4v) is 8.53. The van der Waals surface area contributed by atoms with E-state index in [2.05, 4.69) is 33.2 Å². The van der Waals surface area contributed by atoms with Crippen LogP contribution < -0.4 is 32.7 Å². The van der Waals surface area contributed by atoms with Gasteiger partial charge in [0.25, 0.3) is 0 Å². The average molecular weight is 704 g/mol. The van der Waals surface area contributed by atoms with Crippen molar-refractivity contribution in [3.63, 3.8) is 0 Å². The monoisotopic (exact) mass is 703 g/mol. The fourth-order valence-electron chi connectivity index (χ4n) is 8.53. The summed E-state index contributed by atoms with van der Waals surface area (Å²) in [5, 5.41) is 50.9. The van der Waals surface area contributed by atoms with Gasteiger partial charge in [0, 0.05) is 12.6 Å². The maximum absolute atomic E-state index is 13.4. The first-order chi connectivity index (χ1) is 23.6. The van der Waals surface area contributed by atoms with Crippen LogP contribution in [-0.2, 0) is 28.8 Å². The number of aliphatic carboxylic acids is 2. The Balaban J connectivity index is 1.34. The third-order valence-electron chi connectivity index (χ3n) is 11.0. The van der Waals surface area contributed by atoms with Gasteiger partial charge >= 0.3 is 11.9 Å². The van der Waals surface area contributed by atoms with Gasteiger partial charge in [0.05, 0.1) is 19.6 Å². The summed E-state index contributed by atoms with van der Waals surface area (Å²) in [6.07, 6.45) is 8.49. The van der Waals surface area contributed by atoms with E-state index in [0.717, 1.165) is 24.8 Å². The molecule has 9 atom stereocenters. The van der Waals surface area contributed by atoms with Crippen molar-refractivity contribution >= 4 is 41.4 Å². The molecular formula is C33H49N7O10. The van der Waals surface area contributed by atoms with Gasteiger partial charge in [0.1, 0.15) is 23.7 Å². The van der Waals surface area contributed by atoms with Crippen molar-refractivity contribution < 1.29 is 49.2 Å². The second-order valence-electron chi connectivity index (χ2n) is 14.0. The molecule has 3 amide bonds. The van der Waals surface area contributed by atoms with Gasteiger partial charge in [-0.3, -0.25) is 29.0 Å². The third kappa shape index (κ3) is 8.68. The highest BCUT2D eigenvalue weighted by molar-refractivity contribution is 6.01. The standard InChI is InChI=1S/C33H49N7O10/c1-32-10-9-21-19(5-4-17-13-18(42)8-11-33(17,21)50)20(32)6-7-25(32)38-24(16-41)29(47)40-23(14-27(44)45)28(46)37-15-26(43)39-22(30(48)49)3-2-12-36-31(34)35/h8,11,13,19-25,38,41,50H,2-7,9-10,12,14-16H2,1H3,(H,37,46)(H,39,43)(H,40,47)(H,44,45)(H,48,49)(H4,34,35,36)/t19?,20?,21?,22-,23-,24-,25-,32?,33?/m0/s1. The summed E-state index contributed by atoms with van der Waals surface area (Å²) in [6, 6.07) is -4.25. The van der Waals surface area contributed by atoms with E-state index in [1.54, 1.807) is 12.2 Å². The predicted molar refractivity (Wildman–Crippen MR) is 178 cm³/mol. The lowest BCUT2D eigenvalue weighted by Gasteiger charge is -2.56. The molecule has 3 fully saturated rings. The minimum absolute atomic E-state index is 0.00106. The molecule has 4 aliphatic carbocycles. The zero-order valence-electron chi connectivity index (χ0n) is 28.1. The van der Waals surface area contributed by atoms with Crippen LogP contribution in [0.5, 0.6) is 0 Å². The molecule has 17 heteroatoms. The average Bonchev–Trinajstić information content (AvgIpc) is 3.39. The molecule has 0 bridgehead atoms. The molecule has 17 nitrogen and oxygen atoms in total. The van der Waals surface area contributed by atoms with E-state index in [0.29, 0.717) is 19.3 Å². The largest absolute Gasteiger partial charge is 0.481 e. The normalized spacial score (nSPS) is 29.9. The van der Waals surface area contributed by atoms with Gasteiger partial charge in [0.15, 0.2) is 11.7 Å². The highest BCUT2D eigenvalue weighted by atomic mass is 16.4. The van der Waals surface area contributed by atoms with Crippen molar-refractivity contribution in [2.24, 2.45) is 39.6 Å². The van der Waals surface area contributed by atoms with Crippen molar-refractivity contribution in [1.82, 2.24) is 21.3 Å². The van der Waals surface area contributed by atoms with E-state index in [1.807, 2.05) is 0 Å². The van der Waals surface area contributed by atoms with Crippen molar-refractivity contribution in [3.05, 3.63) is 23.8 Å². The number of nitrogens with two attached hydrogens (primary N) is 2. The van der Waals surface area contributed by atoms with Crippen molar-refractivity contribution in [1.29, 1.82) is 0 Å². The maximum atomic E-state index is 13.4. The zero-order chi connectivity index (χ0) is 36.8. The number of fused-ring (bicyclic) bond motifs is 5. The van der Waals surface area contributed by atoms with Crippen LogP contribution in [0.2, 0.25) is 0 Å². The molecule has 12 N–H and O–H groups in total. The molecule has 5 unspecified atom stereocenters. The Hall–Kier alpha value is -4.35. The van der Waals surface area contributed by atoms with Crippen LogP contribution in [0.15, 0.2) is 28.8 Å². The first-order valence-electron chi connectivity index (χ1n) is 17.0. The van der Waals surface area contributed by atoms with E-state index in [-0.39, 0.29) is 60.3 Å². The molecule has 0 spiro atoms. The van der Waals surface area contributed by atoms with Gasteiger partial charge in [-0.2, -0.15) is 0 Å². The van der Waals surface area contributed by atoms with E-state index in [1.165, 1.54) is 6.08 Å². The number of aliphatic hydroxyl groups is 2.